The van der Waals surface area contributed by atoms with Crippen LogP contribution in [0.2, 0.25) is 0 Å². The van der Waals surface area contributed by atoms with Crippen LogP contribution in [-0.2, 0) is 23.9 Å². The Balaban J connectivity index is 1.55. The topological polar surface area (TPSA) is 102 Å². The molecule has 8 heteroatoms. The van der Waals surface area contributed by atoms with Crippen molar-refractivity contribution in [3.05, 3.63) is 59.2 Å². The monoisotopic (exact) mass is 424 g/mol. The second-order valence-electron chi connectivity index (χ2n) is 7.42. The van der Waals surface area contributed by atoms with Crippen molar-refractivity contribution < 1.29 is 28.7 Å². The highest BCUT2D eigenvalue weighted by Gasteiger charge is 2.36. The minimum atomic E-state index is -0.633. The summed E-state index contributed by atoms with van der Waals surface area (Å²) in [6, 6.07) is 12.2. The van der Waals surface area contributed by atoms with Gasteiger partial charge >= 0.3 is 11.9 Å². The van der Waals surface area contributed by atoms with E-state index in [1.807, 2.05) is 31.2 Å². The average molecular weight is 424 g/mol. The van der Waals surface area contributed by atoms with E-state index in [1.54, 1.807) is 24.0 Å². The summed E-state index contributed by atoms with van der Waals surface area (Å²) in [6.07, 6.45) is 0.0363. The molecule has 1 unspecified atom stereocenters. The van der Waals surface area contributed by atoms with Crippen LogP contribution in [0.3, 0.4) is 0 Å². The minimum absolute atomic E-state index is 0.0363. The Labute approximate surface area is 180 Å². The fraction of sp³-hybridized carbons (Fsp3) is 0.304. The molecule has 2 amide bonds. The van der Waals surface area contributed by atoms with Crippen LogP contribution in [0.5, 0.6) is 0 Å². The molecule has 1 aliphatic rings. The standard InChI is InChI=1S/C23H24N2O6/c1-14-4-8-18(9-5-14)25-12-17(11-21(25)27)23(29)31-13-20(26)24-19-10-16(22(28)30-3)7-6-15(19)2/h4-10,17H,11-13H2,1-3H3,(H,24,26). The minimum Gasteiger partial charge on any atom is -0.465 e. The van der Waals surface area contributed by atoms with E-state index in [0.717, 1.165) is 16.8 Å². The maximum Gasteiger partial charge on any atom is 0.337 e. The van der Waals surface area contributed by atoms with Gasteiger partial charge in [-0.2, -0.15) is 0 Å². The van der Waals surface area contributed by atoms with Crippen LogP contribution in [0.15, 0.2) is 42.5 Å². The third kappa shape index (κ3) is 5.28. The van der Waals surface area contributed by atoms with Crippen LogP contribution >= 0.6 is 0 Å². The van der Waals surface area contributed by atoms with Crippen LogP contribution in [0.25, 0.3) is 0 Å². The molecule has 1 fully saturated rings. The number of aryl methyl sites for hydroxylation is 2. The van der Waals surface area contributed by atoms with Crippen LogP contribution in [-0.4, -0.2) is 44.0 Å². The molecule has 1 saturated heterocycles. The second-order valence-corrected chi connectivity index (χ2v) is 7.42. The third-order valence-corrected chi connectivity index (χ3v) is 5.08. The first-order valence-electron chi connectivity index (χ1n) is 9.81. The number of benzene rings is 2. The van der Waals surface area contributed by atoms with Gasteiger partial charge < -0.3 is 19.7 Å². The summed E-state index contributed by atoms with van der Waals surface area (Å²) < 4.78 is 9.80. The van der Waals surface area contributed by atoms with Crippen LogP contribution in [0, 0.1) is 19.8 Å². The van der Waals surface area contributed by atoms with Crippen molar-refractivity contribution in [3.8, 4) is 0 Å². The van der Waals surface area contributed by atoms with Gasteiger partial charge in [-0.25, -0.2) is 4.79 Å². The van der Waals surface area contributed by atoms with E-state index in [0.29, 0.717) is 11.3 Å². The van der Waals surface area contributed by atoms with Gasteiger partial charge in [-0.15, -0.1) is 0 Å². The van der Waals surface area contributed by atoms with Crippen LogP contribution < -0.4 is 10.2 Å². The van der Waals surface area contributed by atoms with E-state index >= 15 is 0 Å². The molecular weight excluding hydrogens is 400 g/mol. The Hall–Kier alpha value is -3.68. The van der Waals surface area contributed by atoms with Crippen molar-refractivity contribution >= 4 is 35.1 Å². The summed E-state index contributed by atoms with van der Waals surface area (Å²) in [5.74, 6) is -2.46. The molecule has 1 N–H and O–H groups in total. The van der Waals surface area contributed by atoms with Crippen molar-refractivity contribution in [1.82, 2.24) is 0 Å². The fourth-order valence-electron chi connectivity index (χ4n) is 3.28. The van der Waals surface area contributed by atoms with Gasteiger partial charge in [0.15, 0.2) is 6.61 Å². The number of methoxy groups -OCH3 is 1. The molecule has 0 spiro atoms. The Bertz CT molecular complexity index is 1020. The van der Waals surface area contributed by atoms with Crippen molar-refractivity contribution in [3.63, 3.8) is 0 Å². The number of nitrogens with one attached hydrogen (secondary N) is 1. The SMILES string of the molecule is COC(=O)c1ccc(C)c(NC(=O)COC(=O)C2CC(=O)N(c3ccc(C)cc3)C2)c1. The Morgan fingerprint density at radius 1 is 1.10 bits per heavy atom. The molecule has 1 atom stereocenters. The zero-order valence-electron chi connectivity index (χ0n) is 17.6. The fourth-order valence-corrected chi connectivity index (χ4v) is 3.28. The summed E-state index contributed by atoms with van der Waals surface area (Å²) in [5, 5.41) is 2.62. The molecule has 2 aromatic rings. The van der Waals surface area contributed by atoms with Gasteiger partial charge in [-0.1, -0.05) is 23.8 Å². The number of hydrogen-bond donors (Lipinski definition) is 1. The molecule has 8 nitrogen and oxygen atoms in total. The number of carbonyl (C=O) groups excluding carboxylic acids is 4. The van der Waals surface area contributed by atoms with Gasteiger partial charge in [0.2, 0.25) is 5.91 Å². The molecule has 0 radical (unpaired) electrons. The lowest BCUT2D eigenvalue weighted by Crippen LogP contribution is -2.28. The van der Waals surface area contributed by atoms with Crippen molar-refractivity contribution in [2.75, 3.05) is 30.5 Å². The van der Waals surface area contributed by atoms with E-state index in [-0.39, 0.29) is 18.9 Å². The lowest BCUT2D eigenvalue weighted by molar-refractivity contribution is -0.151. The van der Waals surface area contributed by atoms with Crippen LogP contribution in [0.1, 0.15) is 27.9 Å². The Kier molecular flexibility index (Phi) is 6.69. The number of carbonyl (C=O) groups is 4. The number of anilines is 2. The van der Waals surface area contributed by atoms with E-state index in [4.69, 9.17) is 4.74 Å². The second kappa shape index (κ2) is 9.42. The van der Waals surface area contributed by atoms with Gasteiger partial charge in [-0.05, 0) is 43.7 Å². The summed E-state index contributed by atoms with van der Waals surface area (Å²) in [4.78, 5) is 50.1. The van der Waals surface area contributed by atoms with Crippen LogP contribution in [0.4, 0.5) is 11.4 Å². The van der Waals surface area contributed by atoms with Crippen molar-refractivity contribution in [1.29, 1.82) is 0 Å². The van der Waals surface area contributed by atoms with Gasteiger partial charge in [-0.3, -0.25) is 14.4 Å². The molecule has 0 aliphatic carbocycles. The first-order chi connectivity index (χ1) is 14.8. The largest absolute Gasteiger partial charge is 0.465 e. The van der Waals surface area contributed by atoms with E-state index in [9.17, 15) is 19.2 Å². The predicted octanol–water partition coefficient (Wildman–Crippen LogP) is 2.62. The van der Waals surface area contributed by atoms with E-state index in [1.165, 1.54) is 13.2 Å². The lowest BCUT2D eigenvalue weighted by atomic mass is 10.1. The molecule has 31 heavy (non-hydrogen) atoms. The number of nitrogens with zero attached hydrogens (tertiary/aromatic N) is 1. The zero-order valence-corrected chi connectivity index (χ0v) is 17.6. The molecular formula is C23H24N2O6. The molecule has 162 valence electrons. The molecule has 0 bridgehead atoms. The molecule has 1 aliphatic heterocycles. The molecule has 0 saturated carbocycles. The number of esters is 2. The summed E-state index contributed by atoms with van der Waals surface area (Å²) in [5.41, 5.74) is 3.25. The van der Waals surface area contributed by atoms with Crippen molar-refractivity contribution in [2.24, 2.45) is 5.92 Å². The Morgan fingerprint density at radius 3 is 2.48 bits per heavy atom. The molecule has 1 heterocycles. The lowest BCUT2D eigenvalue weighted by Gasteiger charge is -2.16. The average Bonchev–Trinajstić information content (AvgIpc) is 3.15. The predicted molar refractivity (Wildman–Crippen MR) is 114 cm³/mol. The smallest absolute Gasteiger partial charge is 0.337 e. The van der Waals surface area contributed by atoms with Gasteiger partial charge in [0.05, 0.1) is 18.6 Å². The van der Waals surface area contributed by atoms with Gasteiger partial charge in [0.1, 0.15) is 0 Å². The van der Waals surface area contributed by atoms with E-state index < -0.39 is 30.4 Å². The number of ether oxygens (including phenoxy) is 2. The highest BCUT2D eigenvalue weighted by molar-refractivity contribution is 6.00. The normalized spacial score (nSPS) is 15.5. The third-order valence-electron chi connectivity index (χ3n) is 5.08. The number of amides is 2. The zero-order chi connectivity index (χ0) is 22.5. The van der Waals surface area contributed by atoms with Gasteiger partial charge in [0, 0.05) is 24.3 Å². The number of hydrogen-bond acceptors (Lipinski definition) is 6. The molecule has 0 aromatic heterocycles. The summed E-state index contributed by atoms with van der Waals surface area (Å²) in [6.45, 7) is 3.44. The van der Waals surface area contributed by atoms with Crippen molar-refractivity contribution in [2.45, 2.75) is 20.3 Å². The highest BCUT2D eigenvalue weighted by Crippen LogP contribution is 2.26. The molecule has 2 aromatic carbocycles. The van der Waals surface area contributed by atoms with E-state index in [2.05, 4.69) is 10.1 Å². The Morgan fingerprint density at radius 2 is 1.81 bits per heavy atom. The highest BCUT2D eigenvalue weighted by atomic mass is 16.5. The first-order valence-corrected chi connectivity index (χ1v) is 9.81. The maximum absolute atomic E-state index is 12.4. The molecule has 3 rings (SSSR count). The number of rotatable bonds is 6. The quantitative estimate of drug-likeness (QED) is 0.716. The summed E-state index contributed by atoms with van der Waals surface area (Å²) in [7, 11) is 1.27. The van der Waals surface area contributed by atoms with Gasteiger partial charge in [0.25, 0.3) is 5.91 Å². The maximum atomic E-state index is 12.4. The summed E-state index contributed by atoms with van der Waals surface area (Å²) >= 11 is 0. The first kappa shape index (κ1) is 22.0.